The van der Waals surface area contributed by atoms with Crippen LogP contribution in [0.1, 0.15) is 10.1 Å². The van der Waals surface area contributed by atoms with Gasteiger partial charge in [-0.05, 0) is 0 Å². The number of aromatic nitrogens is 1. The molecular formula is C19H15N3Se. The van der Waals surface area contributed by atoms with Gasteiger partial charge in [0.1, 0.15) is 0 Å². The van der Waals surface area contributed by atoms with Gasteiger partial charge in [0.25, 0.3) is 0 Å². The van der Waals surface area contributed by atoms with E-state index in [9.17, 15) is 5.26 Å². The summed E-state index contributed by atoms with van der Waals surface area (Å²) in [4.78, 5) is 6.75. The number of nitrogens with one attached hydrogen (secondary N) is 1. The molecular weight excluding hydrogens is 349 g/mol. The number of allylic oxidation sites excluding steroid dienone is 1. The van der Waals surface area contributed by atoms with Crippen LogP contribution in [0.5, 0.6) is 0 Å². The Balaban J connectivity index is 1.81. The maximum absolute atomic E-state index is 9.41. The van der Waals surface area contributed by atoms with Crippen LogP contribution in [-0.2, 0) is 0 Å². The standard InChI is InChI=1S/C19H15N3Se/c1-14-7-9-17(10-8-14)21-12-16(11-20)19-22-18(13-23-19)15-5-3-2-4-6-15/h2-10,12-13,21H,1H3. The summed E-state index contributed by atoms with van der Waals surface area (Å²) >= 11 is 0.0850. The first-order valence-electron chi connectivity index (χ1n) is 7.21. The van der Waals surface area contributed by atoms with Gasteiger partial charge in [-0.15, -0.1) is 0 Å². The van der Waals surface area contributed by atoms with Crippen LogP contribution in [0.25, 0.3) is 16.8 Å². The summed E-state index contributed by atoms with van der Waals surface area (Å²) in [7, 11) is 0. The molecule has 112 valence electrons. The molecule has 0 bridgehead atoms. The SMILES string of the molecule is Cc1ccc(NC=C(C#N)c2nc(-c3ccccc3)c[se]2)cc1. The minimum atomic E-state index is 0.0850. The van der Waals surface area contributed by atoms with Gasteiger partial charge in [-0.2, -0.15) is 0 Å². The summed E-state index contributed by atoms with van der Waals surface area (Å²) in [6.07, 6.45) is 1.74. The zero-order valence-corrected chi connectivity index (χ0v) is 14.4. The van der Waals surface area contributed by atoms with Crippen molar-refractivity contribution in [3.63, 3.8) is 0 Å². The second kappa shape index (κ2) is 7.11. The Labute approximate surface area is 141 Å². The number of rotatable bonds is 4. The normalized spacial score (nSPS) is 11.0. The predicted molar refractivity (Wildman–Crippen MR) is 95.0 cm³/mol. The molecule has 0 unspecified atom stereocenters. The van der Waals surface area contributed by atoms with Crippen LogP contribution < -0.4 is 5.32 Å². The van der Waals surface area contributed by atoms with E-state index in [-0.39, 0.29) is 14.5 Å². The van der Waals surface area contributed by atoms with Crippen molar-refractivity contribution < 1.29 is 0 Å². The van der Waals surface area contributed by atoms with Crippen molar-refractivity contribution in [3.05, 3.63) is 75.9 Å². The van der Waals surface area contributed by atoms with Crippen LogP contribution in [0, 0.1) is 18.3 Å². The molecule has 23 heavy (non-hydrogen) atoms. The van der Waals surface area contributed by atoms with Gasteiger partial charge >= 0.3 is 141 Å². The zero-order valence-electron chi connectivity index (χ0n) is 12.7. The first kappa shape index (κ1) is 15.3. The van der Waals surface area contributed by atoms with E-state index in [1.807, 2.05) is 61.5 Å². The molecule has 0 radical (unpaired) electrons. The molecule has 2 aromatic carbocycles. The van der Waals surface area contributed by atoms with Crippen molar-refractivity contribution in [2.24, 2.45) is 0 Å². The Bertz CT molecular complexity index is 856. The summed E-state index contributed by atoms with van der Waals surface area (Å²) in [5.74, 6) is 0. The average molecular weight is 364 g/mol. The molecule has 0 fully saturated rings. The number of benzene rings is 2. The van der Waals surface area contributed by atoms with Crippen molar-refractivity contribution in [1.82, 2.24) is 4.98 Å². The summed E-state index contributed by atoms with van der Waals surface area (Å²) in [6.45, 7) is 2.05. The van der Waals surface area contributed by atoms with E-state index in [1.54, 1.807) is 6.20 Å². The third-order valence-electron chi connectivity index (χ3n) is 3.36. The Morgan fingerprint density at radius 3 is 2.57 bits per heavy atom. The Kier molecular flexibility index (Phi) is 4.73. The van der Waals surface area contributed by atoms with E-state index in [4.69, 9.17) is 0 Å². The first-order valence-corrected chi connectivity index (χ1v) is 9.05. The van der Waals surface area contributed by atoms with Gasteiger partial charge in [0, 0.05) is 0 Å². The Morgan fingerprint density at radius 1 is 1.13 bits per heavy atom. The van der Waals surface area contributed by atoms with Crippen molar-refractivity contribution in [2.45, 2.75) is 6.92 Å². The van der Waals surface area contributed by atoms with E-state index >= 15 is 0 Å². The Hall–Kier alpha value is -2.60. The molecule has 4 heteroatoms. The van der Waals surface area contributed by atoms with Gasteiger partial charge in [0.2, 0.25) is 0 Å². The number of nitrogens with zero attached hydrogens (tertiary/aromatic N) is 2. The molecule has 0 aliphatic heterocycles. The quantitative estimate of drug-likeness (QED) is 0.560. The van der Waals surface area contributed by atoms with E-state index < -0.39 is 0 Å². The molecule has 1 heterocycles. The second-order valence-electron chi connectivity index (χ2n) is 5.08. The van der Waals surface area contributed by atoms with Crippen LogP contribution in [0.15, 0.2) is 65.7 Å². The van der Waals surface area contributed by atoms with Gasteiger partial charge in [-0.1, -0.05) is 0 Å². The van der Waals surface area contributed by atoms with Gasteiger partial charge in [-0.25, -0.2) is 0 Å². The summed E-state index contributed by atoms with van der Waals surface area (Å²) in [5.41, 5.74) is 4.81. The fourth-order valence-electron chi connectivity index (χ4n) is 2.09. The number of aryl methyl sites for hydroxylation is 1. The zero-order chi connectivity index (χ0) is 16.1. The molecule has 3 aromatic rings. The van der Waals surface area contributed by atoms with Gasteiger partial charge in [0.05, 0.1) is 0 Å². The molecule has 1 N–H and O–H groups in total. The second-order valence-corrected chi connectivity index (χ2v) is 6.88. The van der Waals surface area contributed by atoms with E-state index in [2.05, 4.69) is 21.3 Å². The van der Waals surface area contributed by atoms with E-state index in [0.717, 1.165) is 21.5 Å². The molecule has 0 aliphatic rings. The molecule has 0 spiro atoms. The maximum atomic E-state index is 9.41. The summed E-state index contributed by atoms with van der Waals surface area (Å²) < 4.78 is 0.860. The third-order valence-corrected chi connectivity index (χ3v) is 5.20. The van der Waals surface area contributed by atoms with E-state index in [1.165, 1.54) is 5.56 Å². The Morgan fingerprint density at radius 2 is 1.87 bits per heavy atom. The van der Waals surface area contributed by atoms with Gasteiger partial charge < -0.3 is 0 Å². The summed E-state index contributed by atoms with van der Waals surface area (Å²) in [5, 5.41) is 12.6. The average Bonchev–Trinajstić information content (AvgIpc) is 3.08. The topological polar surface area (TPSA) is 48.7 Å². The van der Waals surface area contributed by atoms with Crippen molar-refractivity contribution >= 4 is 25.8 Å². The number of anilines is 1. The third kappa shape index (κ3) is 3.78. The van der Waals surface area contributed by atoms with E-state index in [0.29, 0.717) is 5.57 Å². The minimum absolute atomic E-state index is 0.0850. The van der Waals surface area contributed by atoms with Crippen LogP contribution >= 0.6 is 0 Å². The molecule has 0 aliphatic carbocycles. The number of hydrogen-bond donors (Lipinski definition) is 1. The van der Waals surface area contributed by atoms with Crippen LogP contribution in [0.4, 0.5) is 5.69 Å². The first-order chi connectivity index (χ1) is 11.3. The van der Waals surface area contributed by atoms with Crippen LogP contribution in [-0.4, -0.2) is 19.5 Å². The monoisotopic (exact) mass is 365 g/mol. The van der Waals surface area contributed by atoms with Crippen LogP contribution in [0.2, 0.25) is 0 Å². The van der Waals surface area contributed by atoms with Crippen molar-refractivity contribution in [3.8, 4) is 17.3 Å². The molecule has 0 saturated heterocycles. The fourth-order valence-corrected chi connectivity index (χ4v) is 3.75. The van der Waals surface area contributed by atoms with Crippen molar-refractivity contribution in [2.75, 3.05) is 5.32 Å². The van der Waals surface area contributed by atoms with Gasteiger partial charge in [0.15, 0.2) is 0 Å². The molecule has 1 aromatic heterocycles. The summed E-state index contributed by atoms with van der Waals surface area (Å²) in [6, 6.07) is 20.4. The number of nitriles is 1. The molecule has 3 rings (SSSR count). The number of hydrogen-bond acceptors (Lipinski definition) is 3. The van der Waals surface area contributed by atoms with Crippen molar-refractivity contribution in [1.29, 1.82) is 5.26 Å². The molecule has 3 nitrogen and oxygen atoms in total. The fraction of sp³-hybridized carbons (Fsp3) is 0.0526. The molecule has 0 saturated carbocycles. The van der Waals surface area contributed by atoms with Gasteiger partial charge in [-0.3, -0.25) is 0 Å². The molecule has 0 atom stereocenters. The molecule has 0 amide bonds. The predicted octanol–water partition coefficient (Wildman–Crippen LogP) is 4.09. The van der Waals surface area contributed by atoms with Crippen LogP contribution in [0.3, 0.4) is 0 Å².